The average molecular weight is 228 g/mol. The molecule has 3 nitrogen and oxygen atoms in total. The molecule has 0 saturated heterocycles. The number of carboxylic acid groups (broad SMARTS) is 1. The minimum Gasteiger partial charge on any atom is -0.449 e. The fraction of sp³-hybridized carbons (Fsp3) is 0.769. The molecule has 0 bridgehead atoms. The molecule has 3 heteroatoms. The highest BCUT2D eigenvalue weighted by Crippen LogP contribution is 2.28. The lowest BCUT2D eigenvalue weighted by Gasteiger charge is -2.21. The van der Waals surface area contributed by atoms with Gasteiger partial charge in [0.2, 0.25) is 0 Å². The van der Waals surface area contributed by atoms with Crippen molar-refractivity contribution in [3.8, 4) is 0 Å². The number of ether oxygens (including phenoxy) is 1. The van der Waals surface area contributed by atoms with Gasteiger partial charge in [-0.1, -0.05) is 47.5 Å². The first-order valence-corrected chi connectivity index (χ1v) is 5.92. The topological polar surface area (TPSA) is 46.5 Å². The first-order chi connectivity index (χ1) is 7.31. The van der Waals surface area contributed by atoms with Gasteiger partial charge in [-0.15, -0.1) is 0 Å². The van der Waals surface area contributed by atoms with Crippen molar-refractivity contribution in [3.05, 3.63) is 11.8 Å². The Morgan fingerprint density at radius 3 is 2.12 bits per heavy atom. The maximum Gasteiger partial charge on any atom is 0.511 e. The van der Waals surface area contributed by atoms with Gasteiger partial charge in [0.1, 0.15) is 5.76 Å². The summed E-state index contributed by atoms with van der Waals surface area (Å²) < 4.78 is 4.83. The van der Waals surface area contributed by atoms with Crippen LogP contribution in [-0.2, 0) is 4.74 Å². The third kappa shape index (κ3) is 5.79. The Morgan fingerprint density at radius 1 is 1.31 bits per heavy atom. The first-order valence-electron chi connectivity index (χ1n) is 5.92. The zero-order valence-electron chi connectivity index (χ0n) is 11.0. The molecule has 0 aliphatic rings. The van der Waals surface area contributed by atoms with Crippen LogP contribution < -0.4 is 0 Å². The highest BCUT2D eigenvalue weighted by atomic mass is 16.7. The second kappa shape index (κ2) is 6.56. The largest absolute Gasteiger partial charge is 0.511 e. The molecule has 0 spiro atoms. The second-order valence-electron chi connectivity index (χ2n) is 5.10. The molecule has 0 radical (unpaired) electrons. The summed E-state index contributed by atoms with van der Waals surface area (Å²) >= 11 is 0. The van der Waals surface area contributed by atoms with Gasteiger partial charge >= 0.3 is 6.16 Å². The van der Waals surface area contributed by atoms with Gasteiger partial charge in [0, 0.05) is 5.41 Å². The van der Waals surface area contributed by atoms with Crippen LogP contribution in [0.5, 0.6) is 0 Å². The molecule has 0 aromatic carbocycles. The number of hydrogen-bond donors (Lipinski definition) is 1. The number of carbonyl (C=O) groups is 1. The molecule has 94 valence electrons. The molecular weight excluding hydrogens is 204 g/mol. The van der Waals surface area contributed by atoms with Crippen molar-refractivity contribution in [2.24, 2.45) is 11.3 Å². The summed E-state index contributed by atoms with van der Waals surface area (Å²) in [5.74, 6) is 1.15. The lowest BCUT2D eigenvalue weighted by Crippen LogP contribution is -2.15. The smallest absolute Gasteiger partial charge is 0.449 e. The van der Waals surface area contributed by atoms with E-state index in [9.17, 15) is 4.79 Å². The van der Waals surface area contributed by atoms with Crippen LogP contribution in [0.1, 0.15) is 53.9 Å². The third-order valence-electron chi connectivity index (χ3n) is 2.73. The summed E-state index contributed by atoms with van der Waals surface area (Å²) in [6.07, 6.45) is 3.79. The third-order valence-corrected chi connectivity index (χ3v) is 2.73. The number of allylic oxidation sites excluding steroid dienone is 2. The predicted molar refractivity (Wildman–Crippen MR) is 65.3 cm³/mol. The van der Waals surface area contributed by atoms with Crippen molar-refractivity contribution in [2.75, 3.05) is 0 Å². The predicted octanol–water partition coefficient (Wildman–Crippen LogP) is 4.44. The van der Waals surface area contributed by atoms with Gasteiger partial charge in [-0.2, -0.15) is 0 Å². The van der Waals surface area contributed by atoms with Crippen LogP contribution >= 0.6 is 0 Å². The summed E-state index contributed by atoms with van der Waals surface area (Å²) in [6, 6.07) is 0. The Labute approximate surface area is 98.5 Å². The average Bonchev–Trinajstić information content (AvgIpc) is 2.15. The molecule has 0 aromatic rings. The highest BCUT2D eigenvalue weighted by Gasteiger charge is 2.21. The van der Waals surface area contributed by atoms with Crippen LogP contribution in [0.15, 0.2) is 11.8 Å². The van der Waals surface area contributed by atoms with E-state index in [2.05, 4.69) is 13.8 Å². The molecule has 0 aliphatic heterocycles. The maximum atomic E-state index is 10.6. The molecule has 0 amide bonds. The van der Waals surface area contributed by atoms with Crippen LogP contribution in [0.4, 0.5) is 4.79 Å². The van der Waals surface area contributed by atoms with Crippen LogP contribution in [-0.4, -0.2) is 11.3 Å². The van der Waals surface area contributed by atoms with E-state index < -0.39 is 6.16 Å². The van der Waals surface area contributed by atoms with Gasteiger partial charge in [0.25, 0.3) is 0 Å². The molecule has 0 rings (SSSR count). The Kier molecular flexibility index (Phi) is 6.16. The van der Waals surface area contributed by atoms with Crippen LogP contribution in [0.2, 0.25) is 0 Å². The Bertz CT molecular complexity index is 244. The van der Waals surface area contributed by atoms with Crippen molar-refractivity contribution in [2.45, 2.75) is 53.9 Å². The zero-order chi connectivity index (χ0) is 12.8. The van der Waals surface area contributed by atoms with Crippen molar-refractivity contribution in [3.63, 3.8) is 0 Å². The fourth-order valence-corrected chi connectivity index (χ4v) is 1.49. The van der Waals surface area contributed by atoms with Gasteiger partial charge in [-0.25, -0.2) is 4.79 Å². The van der Waals surface area contributed by atoms with Crippen molar-refractivity contribution >= 4 is 6.16 Å². The quantitative estimate of drug-likeness (QED) is 0.559. The summed E-state index contributed by atoms with van der Waals surface area (Å²) in [7, 11) is 0. The normalized spacial score (nSPS) is 13.0. The molecule has 0 saturated carbocycles. The van der Waals surface area contributed by atoms with E-state index in [0.717, 1.165) is 19.3 Å². The van der Waals surface area contributed by atoms with Gasteiger partial charge < -0.3 is 9.84 Å². The van der Waals surface area contributed by atoms with Crippen LogP contribution in [0.25, 0.3) is 0 Å². The number of rotatable bonds is 5. The Hall–Kier alpha value is -0.990. The van der Waals surface area contributed by atoms with Crippen molar-refractivity contribution in [1.29, 1.82) is 0 Å². The summed E-state index contributed by atoms with van der Waals surface area (Å²) in [5, 5.41) is 8.66. The van der Waals surface area contributed by atoms with Crippen molar-refractivity contribution < 1.29 is 14.6 Å². The van der Waals surface area contributed by atoms with Gasteiger partial charge in [-0.3, -0.25) is 0 Å². The minimum absolute atomic E-state index is 0.260. The highest BCUT2D eigenvalue weighted by molar-refractivity contribution is 5.58. The molecule has 0 aromatic heterocycles. The van der Waals surface area contributed by atoms with E-state index >= 15 is 0 Å². The molecule has 0 heterocycles. The number of hydrogen-bond acceptors (Lipinski definition) is 2. The summed E-state index contributed by atoms with van der Waals surface area (Å²) in [6.45, 7) is 10.2. The molecule has 0 unspecified atom stereocenters. The van der Waals surface area contributed by atoms with Crippen LogP contribution in [0.3, 0.4) is 0 Å². The SMILES string of the molecule is CCC(CC)C/C=C(\OC(=O)O)C(C)(C)C. The van der Waals surface area contributed by atoms with Gasteiger partial charge in [0.15, 0.2) is 0 Å². The molecule has 16 heavy (non-hydrogen) atoms. The Morgan fingerprint density at radius 2 is 1.81 bits per heavy atom. The zero-order valence-corrected chi connectivity index (χ0v) is 11.0. The maximum absolute atomic E-state index is 10.6. The van der Waals surface area contributed by atoms with Gasteiger partial charge in [0.05, 0.1) is 0 Å². The van der Waals surface area contributed by atoms with E-state index in [1.807, 2.05) is 26.8 Å². The lowest BCUT2D eigenvalue weighted by molar-refractivity contribution is 0.100. The molecule has 0 fully saturated rings. The molecule has 0 aliphatic carbocycles. The van der Waals surface area contributed by atoms with E-state index in [1.165, 1.54) is 0 Å². The van der Waals surface area contributed by atoms with Gasteiger partial charge in [-0.05, 0) is 18.4 Å². The second-order valence-corrected chi connectivity index (χ2v) is 5.10. The summed E-state index contributed by atoms with van der Waals surface area (Å²) in [4.78, 5) is 10.6. The van der Waals surface area contributed by atoms with Crippen molar-refractivity contribution in [1.82, 2.24) is 0 Å². The van der Waals surface area contributed by atoms with E-state index in [4.69, 9.17) is 9.84 Å². The summed E-state index contributed by atoms with van der Waals surface area (Å²) in [5.41, 5.74) is -0.260. The van der Waals surface area contributed by atoms with E-state index in [-0.39, 0.29) is 5.41 Å². The molecular formula is C13H24O3. The van der Waals surface area contributed by atoms with Crippen LogP contribution in [0, 0.1) is 11.3 Å². The monoisotopic (exact) mass is 228 g/mol. The van der Waals surface area contributed by atoms with E-state index in [0.29, 0.717) is 11.7 Å². The lowest BCUT2D eigenvalue weighted by atomic mass is 9.91. The fourth-order valence-electron chi connectivity index (χ4n) is 1.49. The minimum atomic E-state index is -1.23. The van der Waals surface area contributed by atoms with E-state index in [1.54, 1.807) is 0 Å². The standard InChI is InChI=1S/C13H24O3/c1-6-10(7-2)8-9-11(13(3,4)5)16-12(14)15/h9-10H,6-8H2,1-5H3,(H,14,15)/b11-9-. The molecule has 1 N–H and O–H groups in total. The Balaban J connectivity index is 4.63. The first kappa shape index (κ1) is 15.0. The molecule has 0 atom stereocenters.